The average molecular weight is 168 g/mol. The summed E-state index contributed by atoms with van der Waals surface area (Å²) in [6.45, 7) is 2.18. The van der Waals surface area contributed by atoms with Crippen LogP contribution >= 0.6 is 0 Å². The number of likely N-dealkylation sites (tertiary alicyclic amines) is 1. The van der Waals surface area contributed by atoms with Gasteiger partial charge in [-0.25, -0.2) is 0 Å². The summed E-state index contributed by atoms with van der Waals surface area (Å²) in [7, 11) is 2.27. The molecule has 0 spiro atoms. The molecule has 2 heteroatoms. The van der Waals surface area contributed by atoms with E-state index in [1.807, 2.05) is 0 Å². The average Bonchev–Trinajstić information content (AvgIpc) is 2.54. The van der Waals surface area contributed by atoms with Crippen LogP contribution < -0.4 is 5.73 Å². The number of nitrogens with two attached hydrogens (primary N) is 1. The van der Waals surface area contributed by atoms with Crippen molar-refractivity contribution in [3.8, 4) is 0 Å². The van der Waals surface area contributed by atoms with Crippen LogP contribution in [0.4, 0.5) is 0 Å². The zero-order valence-electron chi connectivity index (χ0n) is 8.00. The Kier molecular flexibility index (Phi) is 2.37. The van der Waals surface area contributed by atoms with Gasteiger partial charge < -0.3 is 10.6 Å². The molecule has 70 valence electrons. The molecule has 0 radical (unpaired) electrons. The molecule has 3 atom stereocenters. The molecule has 1 heterocycles. The molecule has 0 aromatic rings. The minimum absolute atomic E-state index is 0.827. The second-order valence-electron chi connectivity index (χ2n) is 4.43. The molecule has 0 aromatic heterocycles. The predicted octanol–water partition coefficient (Wildman–Crippen LogP) is 1.07. The lowest BCUT2D eigenvalue weighted by atomic mass is 9.82. The van der Waals surface area contributed by atoms with Crippen molar-refractivity contribution in [2.45, 2.75) is 31.7 Å². The van der Waals surface area contributed by atoms with Crippen LogP contribution in [0.5, 0.6) is 0 Å². The first-order valence-electron chi connectivity index (χ1n) is 5.23. The minimum atomic E-state index is 0.827. The van der Waals surface area contributed by atoms with Gasteiger partial charge in [-0.3, -0.25) is 0 Å². The Morgan fingerprint density at radius 2 is 2.17 bits per heavy atom. The summed E-state index contributed by atoms with van der Waals surface area (Å²) >= 11 is 0. The molecule has 12 heavy (non-hydrogen) atoms. The van der Waals surface area contributed by atoms with Gasteiger partial charge in [-0.1, -0.05) is 6.42 Å². The van der Waals surface area contributed by atoms with Gasteiger partial charge in [-0.2, -0.15) is 0 Å². The van der Waals surface area contributed by atoms with Gasteiger partial charge in [-0.05, 0) is 51.2 Å². The second kappa shape index (κ2) is 3.35. The molecule has 0 bridgehead atoms. The topological polar surface area (TPSA) is 29.3 Å². The van der Waals surface area contributed by atoms with E-state index in [0.717, 1.165) is 24.4 Å². The molecule has 2 N–H and O–H groups in total. The van der Waals surface area contributed by atoms with Crippen molar-refractivity contribution in [2.75, 3.05) is 20.1 Å². The smallest absolute Gasteiger partial charge is 0.0124 e. The Bertz CT molecular complexity index is 158. The van der Waals surface area contributed by atoms with Crippen LogP contribution in [0.15, 0.2) is 0 Å². The normalized spacial score (nSPS) is 43.0. The highest BCUT2D eigenvalue weighted by Crippen LogP contribution is 2.39. The molecule has 3 unspecified atom stereocenters. The Balaban J connectivity index is 2.06. The van der Waals surface area contributed by atoms with E-state index in [0.29, 0.717) is 0 Å². The fraction of sp³-hybridized carbons (Fsp3) is 1.00. The van der Waals surface area contributed by atoms with Crippen LogP contribution in [0, 0.1) is 11.8 Å². The van der Waals surface area contributed by atoms with E-state index in [1.165, 1.54) is 32.2 Å². The SMILES string of the molecule is CN1CCC(CN)C2CCCC21. The first kappa shape index (κ1) is 8.52. The maximum Gasteiger partial charge on any atom is 0.0124 e. The van der Waals surface area contributed by atoms with Gasteiger partial charge in [0.1, 0.15) is 0 Å². The number of fused-ring (bicyclic) bond motifs is 1. The van der Waals surface area contributed by atoms with E-state index < -0.39 is 0 Å². The number of nitrogens with zero attached hydrogens (tertiary/aromatic N) is 1. The quantitative estimate of drug-likeness (QED) is 0.634. The highest BCUT2D eigenvalue weighted by molar-refractivity contribution is 4.92. The van der Waals surface area contributed by atoms with Gasteiger partial charge in [0.15, 0.2) is 0 Å². The van der Waals surface area contributed by atoms with Gasteiger partial charge in [-0.15, -0.1) is 0 Å². The molecule has 1 saturated heterocycles. The molecule has 1 aliphatic carbocycles. The van der Waals surface area contributed by atoms with Gasteiger partial charge in [0, 0.05) is 6.04 Å². The number of rotatable bonds is 1. The van der Waals surface area contributed by atoms with Crippen LogP contribution in [0.2, 0.25) is 0 Å². The van der Waals surface area contributed by atoms with Crippen molar-refractivity contribution in [2.24, 2.45) is 17.6 Å². The lowest BCUT2D eigenvalue weighted by Crippen LogP contribution is -2.46. The molecule has 2 nitrogen and oxygen atoms in total. The standard InChI is InChI=1S/C10H20N2/c1-12-6-5-8(7-11)9-3-2-4-10(9)12/h8-10H,2-7,11H2,1H3. The first-order chi connectivity index (χ1) is 5.83. The highest BCUT2D eigenvalue weighted by atomic mass is 15.1. The molecule has 1 saturated carbocycles. The van der Waals surface area contributed by atoms with E-state index in [4.69, 9.17) is 5.73 Å². The third-order valence-electron chi connectivity index (χ3n) is 3.86. The van der Waals surface area contributed by atoms with E-state index in [1.54, 1.807) is 0 Å². The van der Waals surface area contributed by atoms with Crippen LogP contribution in [0.1, 0.15) is 25.7 Å². The van der Waals surface area contributed by atoms with Crippen LogP contribution in [0.25, 0.3) is 0 Å². The molecule has 1 aliphatic heterocycles. The zero-order valence-corrected chi connectivity index (χ0v) is 8.00. The Labute approximate surface area is 75.1 Å². The predicted molar refractivity (Wildman–Crippen MR) is 50.9 cm³/mol. The monoisotopic (exact) mass is 168 g/mol. The highest BCUT2D eigenvalue weighted by Gasteiger charge is 2.38. The summed E-state index contributed by atoms with van der Waals surface area (Å²) in [4.78, 5) is 2.55. The van der Waals surface area contributed by atoms with Crippen molar-refractivity contribution >= 4 is 0 Å². The fourth-order valence-corrected chi connectivity index (χ4v) is 3.11. The summed E-state index contributed by atoms with van der Waals surface area (Å²) in [5.74, 6) is 1.75. The zero-order chi connectivity index (χ0) is 8.55. The van der Waals surface area contributed by atoms with Crippen molar-refractivity contribution in [1.29, 1.82) is 0 Å². The maximum atomic E-state index is 5.79. The molecular weight excluding hydrogens is 148 g/mol. The minimum Gasteiger partial charge on any atom is -0.330 e. The van der Waals surface area contributed by atoms with Gasteiger partial charge in [0.05, 0.1) is 0 Å². The molecule has 2 fully saturated rings. The Hall–Kier alpha value is -0.0800. The van der Waals surface area contributed by atoms with Crippen molar-refractivity contribution < 1.29 is 0 Å². The molecule has 0 amide bonds. The summed E-state index contributed by atoms with van der Waals surface area (Å²) in [6.07, 6.45) is 5.60. The van der Waals surface area contributed by atoms with E-state index >= 15 is 0 Å². The largest absolute Gasteiger partial charge is 0.330 e. The van der Waals surface area contributed by atoms with E-state index in [9.17, 15) is 0 Å². The fourth-order valence-electron chi connectivity index (χ4n) is 3.11. The number of piperidine rings is 1. The summed E-state index contributed by atoms with van der Waals surface area (Å²) in [6, 6.07) is 0.868. The Morgan fingerprint density at radius 1 is 1.33 bits per heavy atom. The molecule has 0 aromatic carbocycles. The lowest BCUT2D eigenvalue weighted by Gasteiger charge is -2.40. The van der Waals surface area contributed by atoms with Gasteiger partial charge in [0.25, 0.3) is 0 Å². The van der Waals surface area contributed by atoms with Crippen LogP contribution in [0.3, 0.4) is 0 Å². The van der Waals surface area contributed by atoms with Crippen molar-refractivity contribution in [1.82, 2.24) is 4.90 Å². The molecule has 2 aliphatic rings. The number of hydrogen-bond donors (Lipinski definition) is 1. The molecular formula is C10H20N2. The third kappa shape index (κ3) is 1.27. The summed E-state index contributed by atoms with van der Waals surface area (Å²) in [5, 5.41) is 0. The van der Waals surface area contributed by atoms with Crippen LogP contribution in [-0.2, 0) is 0 Å². The summed E-state index contributed by atoms with van der Waals surface area (Å²) in [5.41, 5.74) is 5.79. The van der Waals surface area contributed by atoms with Crippen molar-refractivity contribution in [3.63, 3.8) is 0 Å². The summed E-state index contributed by atoms with van der Waals surface area (Å²) < 4.78 is 0. The van der Waals surface area contributed by atoms with Gasteiger partial charge in [0.2, 0.25) is 0 Å². The molecule has 2 rings (SSSR count). The third-order valence-corrected chi connectivity index (χ3v) is 3.86. The van der Waals surface area contributed by atoms with E-state index in [-0.39, 0.29) is 0 Å². The van der Waals surface area contributed by atoms with Gasteiger partial charge >= 0.3 is 0 Å². The van der Waals surface area contributed by atoms with Crippen molar-refractivity contribution in [3.05, 3.63) is 0 Å². The maximum absolute atomic E-state index is 5.79. The van der Waals surface area contributed by atoms with Crippen LogP contribution in [-0.4, -0.2) is 31.1 Å². The lowest BCUT2D eigenvalue weighted by molar-refractivity contribution is 0.0949. The van der Waals surface area contributed by atoms with E-state index in [2.05, 4.69) is 11.9 Å². The first-order valence-corrected chi connectivity index (χ1v) is 5.23. The Morgan fingerprint density at radius 3 is 2.92 bits per heavy atom. The number of hydrogen-bond acceptors (Lipinski definition) is 2. The second-order valence-corrected chi connectivity index (χ2v) is 4.43.